The zero-order valence-electron chi connectivity index (χ0n) is 11.0. The summed E-state index contributed by atoms with van der Waals surface area (Å²) in [6.07, 6.45) is 1.47. The Labute approximate surface area is 141 Å². The molecule has 4 nitrogen and oxygen atoms in total. The maximum Gasteiger partial charge on any atom is 0.184 e. The van der Waals surface area contributed by atoms with E-state index in [-0.39, 0.29) is 15.7 Å². The fourth-order valence-electron chi connectivity index (χ4n) is 2.11. The Morgan fingerprint density at radius 2 is 1.73 bits per heavy atom. The molecule has 0 unspecified atom stereocenters. The lowest BCUT2D eigenvalue weighted by Crippen LogP contribution is -2.07. The summed E-state index contributed by atoms with van der Waals surface area (Å²) in [7, 11) is -3.71. The number of hydrogen-bond acceptors (Lipinski definition) is 3. The van der Waals surface area contributed by atoms with E-state index in [0.29, 0.717) is 26.6 Å². The Kier molecular flexibility index (Phi) is 4.07. The molecule has 3 aromatic rings. The molecule has 0 radical (unpaired) electrons. The van der Waals surface area contributed by atoms with Gasteiger partial charge >= 0.3 is 0 Å². The molecule has 114 valence electrons. The predicted molar refractivity (Wildman–Crippen MR) is 88.5 cm³/mol. The number of sulfone groups is 1. The number of fused-ring (bicyclic) bond motifs is 1. The number of halogens is 3. The van der Waals surface area contributed by atoms with Gasteiger partial charge in [-0.2, -0.15) is 0 Å². The average Bonchev–Trinajstić information content (AvgIpc) is 2.89. The third-order valence-electron chi connectivity index (χ3n) is 3.21. The van der Waals surface area contributed by atoms with E-state index in [1.165, 1.54) is 18.5 Å². The van der Waals surface area contributed by atoms with Gasteiger partial charge in [-0.15, -0.1) is 0 Å². The van der Waals surface area contributed by atoms with Gasteiger partial charge in [0.15, 0.2) is 9.84 Å². The Morgan fingerprint density at radius 3 is 2.41 bits per heavy atom. The van der Waals surface area contributed by atoms with E-state index in [1.54, 1.807) is 18.2 Å². The van der Waals surface area contributed by atoms with Crippen molar-refractivity contribution in [3.63, 3.8) is 0 Å². The fraction of sp³-hybridized carbons (Fsp3) is 0.0714. The molecule has 0 fully saturated rings. The quantitative estimate of drug-likeness (QED) is 0.733. The van der Waals surface area contributed by atoms with Crippen molar-refractivity contribution < 1.29 is 8.42 Å². The van der Waals surface area contributed by atoms with Crippen molar-refractivity contribution in [2.45, 2.75) is 10.6 Å². The summed E-state index contributed by atoms with van der Waals surface area (Å²) in [6.45, 7) is 0. The van der Waals surface area contributed by atoms with Gasteiger partial charge in [0.2, 0.25) is 0 Å². The second-order valence-electron chi connectivity index (χ2n) is 4.66. The SMILES string of the molecule is O=S(=O)(Cc1c(Cl)cccc1Cl)c1cc2[nH]cnc2cc1Cl. The fourth-order valence-corrected chi connectivity index (χ4v) is 4.81. The Morgan fingerprint density at radius 1 is 1.05 bits per heavy atom. The summed E-state index contributed by atoms with van der Waals surface area (Å²) in [5, 5.41) is 0.715. The highest BCUT2D eigenvalue weighted by Crippen LogP contribution is 2.32. The van der Waals surface area contributed by atoms with Crippen LogP contribution in [0.25, 0.3) is 11.0 Å². The molecule has 0 bridgehead atoms. The Bertz CT molecular complexity index is 947. The number of imidazole rings is 1. The number of nitrogens with one attached hydrogen (secondary N) is 1. The third-order valence-corrected chi connectivity index (χ3v) is 6.01. The van der Waals surface area contributed by atoms with Gasteiger partial charge in [0.1, 0.15) is 0 Å². The molecular formula is C14H9Cl3N2O2S. The Balaban J connectivity index is 2.10. The lowest BCUT2D eigenvalue weighted by Gasteiger charge is -2.09. The molecule has 22 heavy (non-hydrogen) atoms. The van der Waals surface area contributed by atoms with Crippen LogP contribution in [0.4, 0.5) is 0 Å². The van der Waals surface area contributed by atoms with Crippen LogP contribution >= 0.6 is 34.8 Å². The smallest absolute Gasteiger partial charge is 0.184 e. The molecule has 0 aliphatic carbocycles. The highest BCUT2D eigenvalue weighted by Gasteiger charge is 2.22. The maximum atomic E-state index is 12.7. The van der Waals surface area contributed by atoms with Crippen molar-refractivity contribution in [1.29, 1.82) is 0 Å². The number of benzene rings is 2. The van der Waals surface area contributed by atoms with Gasteiger partial charge in [-0.3, -0.25) is 0 Å². The first-order valence-corrected chi connectivity index (χ1v) is 8.95. The van der Waals surface area contributed by atoms with Crippen LogP contribution in [0, 0.1) is 0 Å². The minimum absolute atomic E-state index is 0.0157. The van der Waals surface area contributed by atoms with Crippen molar-refractivity contribution in [1.82, 2.24) is 9.97 Å². The van der Waals surface area contributed by atoms with Gasteiger partial charge in [0.25, 0.3) is 0 Å². The van der Waals surface area contributed by atoms with Crippen molar-refractivity contribution in [3.05, 3.63) is 57.3 Å². The number of aromatic nitrogens is 2. The van der Waals surface area contributed by atoms with Crippen LogP contribution < -0.4 is 0 Å². The number of aromatic amines is 1. The summed E-state index contributed by atoms with van der Waals surface area (Å²) in [4.78, 5) is 6.91. The minimum Gasteiger partial charge on any atom is -0.345 e. The van der Waals surface area contributed by atoms with E-state index < -0.39 is 9.84 Å². The number of hydrogen-bond donors (Lipinski definition) is 1. The van der Waals surface area contributed by atoms with Crippen LogP contribution in [0.2, 0.25) is 15.1 Å². The highest BCUT2D eigenvalue weighted by atomic mass is 35.5. The summed E-state index contributed by atoms with van der Waals surface area (Å²) >= 11 is 18.2. The van der Waals surface area contributed by atoms with Crippen LogP contribution in [0.5, 0.6) is 0 Å². The summed E-state index contributed by atoms with van der Waals surface area (Å²) in [5.74, 6) is -0.329. The average molecular weight is 376 g/mol. The maximum absolute atomic E-state index is 12.7. The van der Waals surface area contributed by atoms with Gasteiger partial charge in [0, 0.05) is 15.6 Å². The van der Waals surface area contributed by atoms with Crippen molar-refractivity contribution in [2.24, 2.45) is 0 Å². The standard InChI is InChI=1S/C14H9Cl3N2O2S/c15-9-2-1-3-10(16)8(9)6-22(20,21)14-5-13-12(4-11(14)17)18-7-19-13/h1-5,7H,6H2,(H,18,19). The lowest BCUT2D eigenvalue weighted by molar-refractivity contribution is 0.595. The van der Waals surface area contributed by atoms with Gasteiger partial charge in [-0.25, -0.2) is 13.4 Å². The van der Waals surface area contributed by atoms with E-state index in [4.69, 9.17) is 34.8 Å². The number of rotatable bonds is 3. The third kappa shape index (κ3) is 2.82. The molecule has 0 amide bonds. The molecule has 1 N–H and O–H groups in total. The van der Waals surface area contributed by atoms with Crippen molar-refractivity contribution in [3.8, 4) is 0 Å². The van der Waals surface area contributed by atoms with E-state index in [9.17, 15) is 8.42 Å². The first-order valence-electron chi connectivity index (χ1n) is 6.17. The van der Waals surface area contributed by atoms with E-state index in [2.05, 4.69) is 9.97 Å². The van der Waals surface area contributed by atoms with E-state index in [1.807, 2.05) is 0 Å². The van der Waals surface area contributed by atoms with Crippen molar-refractivity contribution >= 4 is 55.7 Å². The van der Waals surface area contributed by atoms with Gasteiger partial charge in [-0.05, 0) is 24.3 Å². The molecule has 0 spiro atoms. The zero-order chi connectivity index (χ0) is 15.9. The monoisotopic (exact) mass is 374 g/mol. The predicted octanol–water partition coefficient (Wildman–Crippen LogP) is 4.50. The van der Waals surface area contributed by atoms with Crippen molar-refractivity contribution in [2.75, 3.05) is 0 Å². The Hall–Kier alpha value is -1.27. The molecule has 0 aliphatic heterocycles. The molecular weight excluding hydrogens is 367 g/mol. The van der Waals surface area contributed by atoms with Gasteiger partial charge < -0.3 is 4.98 Å². The molecule has 0 saturated carbocycles. The zero-order valence-corrected chi connectivity index (χ0v) is 14.1. The van der Waals surface area contributed by atoms with Crippen LogP contribution in [0.1, 0.15) is 5.56 Å². The lowest BCUT2D eigenvalue weighted by atomic mass is 10.2. The second-order valence-corrected chi connectivity index (χ2v) is 7.84. The largest absolute Gasteiger partial charge is 0.345 e. The van der Waals surface area contributed by atoms with E-state index in [0.717, 1.165) is 0 Å². The topological polar surface area (TPSA) is 62.8 Å². The van der Waals surface area contributed by atoms with E-state index >= 15 is 0 Å². The molecule has 0 aliphatic rings. The van der Waals surface area contributed by atoms with Crippen LogP contribution in [0.3, 0.4) is 0 Å². The normalized spacial score (nSPS) is 12.0. The second kappa shape index (κ2) is 5.74. The van der Waals surface area contributed by atoms with Gasteiger partial charge in [-0.1, -0.05) is 40.9 Å². The molecule has 2 aromatic carbocycles. The molecule has 8 heteroatoms. The highest BCUT2D eigenvalue weighted by molar-refractivity contribution is 7.90. The first-order chi connectivity index (χ1) is 10.4. The van der Waals surface area contributed by atoms with Crippen LogP contribution in [-0.2, 0) is 15.6 Å². The molecule has 0 saturated heterocycles. The number of nitrogens with zero attached hydrogens (tertiary/aromatic N) is 1. The first kappa shape index (κ1) is 15.6. The summed E-state index contributed by atoms with van der Waals surface area (Å²) in [6, 6.07) is 7.82. The van der Waals surface area contributed by atoms with Crippen LogP contribution in [-0.4, -0.2) is 18.4 Å². The minimum atomic E-state index is -3.71. The molecule has 0 atom stereocenters. The molecule has 1 heterocycles. The van der Waals surface area contributed by atoms with Crippen LogP contribution in [0.15, 0.2) is 41.6 Å². The summed E-state index contributed by atoms with van der Waals surface area (Å²) < 4.78 is 25.3. The van der Waals surface area contributed by atoms with Gasteiger partial charge in [0.05, 0.1) is 33.0 Å². The number of H-pyrrole nitrogens is 1. The molecule has 3 rings (SSSR count). The summed E-state index contributed by atoms with van der Waals surface area (Å²) in [5.41, 5.74) is 1.54. The molecule has 1 aromatic heterocycles.